The third kappa shape index (κ3) is 2.36. The summed E-state index contributed by atoms with van der Waals surface area (Å²) in [6.45, 7) is 2.00. The molecule has 0 atom stereocenters. The highest BCUT2D eigenvalue weighted by Crippen LogP contribution is 2.26. The van der Waals surface area contributed by atoms with E-state index in [1.807, 2.05) is 37.3 Å². The zero-order valence-corrected chi connectivity index (χ0v) is 12.0. The van der Waals surface area contributed by atoms with Crippen molar-refractivity contribution in [2.45, 2.75) is 6.92 Å². The Morgan fingerprint density at radius 1 is 1.14 bits per heavy atom. The number of carbonyl (C=O) groups excluding carboxylic acids is 1. The van der Waals surface area contributed by atoms with Crippen molar-refractivity contribution in [2.75, 3.05) is 17.7 Å². The number of aryl methyl sites for hydroxylation is 1. The number of rotatable bonds is 2. The first-order valence-corrected chi connectivity index (χ1v) is 6.69. The number of nitrogen functional groups attached to an aromatic ring is 1. The first-order chi connectivity index (χ1) is 10.1. The van der Waals surface area contributed by atoms with Crippen molar-refractivity contribution in [1.82, 2.24) is 0 Å². The van der Waals surface area contributed by atoms with E-state index in [0.717, 1.165) is 10.9 Å². The molecule has 3 rings (SSSR count). The summed E-state index contributed by atoms with van der Waals surface area (Å²) in [5.41, 5.74) is 8.96. The largest absolute Gasteiger partial charge is 0.451 e. The number of carbonyl (C=O) groups is 1. The molecule has 2 N–H and O–H groups in total. The van der Waals surface area contributed by atoms with Gasteiger partial charge in [-0.3, -0.25) is 4.79 Å². The fourth-order valence-electron chi connectivity index (χ4n) is 2.34. The molecule has 0 bridgehead atoms. The van der Waals surface area contributed by atoms with Gasteiger partial charge < -0.3 is 15.1 Å². The van der Waals surface area contributed by atoms with Gasteiger partial charge in [0, 0.05) is 12.4 Å². The van der Waals surface area contributed by atoms with Crippen LogP contribution in [0.4, 0.5) is 11.4 Å². The lowest BCUT2D eigenvalue weighted by molar-refractivity contribution is 0.0968. The highest BCUT2D eigenvalue weighted by Gasteiger charge is 2.19. The second-order valence-corrected chi connectivity index (χ2v) is 5.07. The number of fused-ring (bicyclic) bond motifs is 1. The van der Waals surface area contributed by atoms with E-state index in [1.54, 1.807) is 25.2 Å². The van der Waals surface area contributed by atoms with Crippen molar-refractivity contribution >= 4 is 28.3 Å². The molecule has 4 nitrogen and oxygen atoms in total. The zero-order chi connectivity index (χ0) is 15.0. The van der Waals surface area contributed by atoms with Crippen LogP contribution in [0.1, 0.15) is 16.1 Å². The molecule has 0 aliphatic heterocycles. The molecule has 0 saturated carbocycles. The third-order valence-electron chi connectivity index (χ3n) is 3.49. The molecule has 3 aromatic rings. The average Bonchev–Trinajstić information content (AvgIpc) is 2.89. The SMILES string of the molecule is Cc1ccc2oc(C(=O)N(C)c3ccccc3N)cc2c1. The van der Waals surface area contributed by atoms with E-state index in [-0.39, 0.29) is 5.91 Å². The summed E-state index contributed by atoms with van der Waals surface area (Å²) < 4.78 is 5.64. The van der Waals surface area contributed by atoms with E-state index in [4.69, 9.17) is 10.2 Å². The Labute approximate surface area is 122 Å². The van der Waals surface area contributed by atoms with Crippen LogP contribution in [0.3, 0.4) is 0 Å². The molecule has 0 spiro atoms. The minimum atomic E-state index is -0.221. The number of hydrogen-bond acceptors (Lipinski definition) is 3. The van der Waals surface area contributed by atoms with Crippen LogP contribution >= 0.6 is 0 Å². The second kappa shape index (κ2) is 4.98. The first kappa shape index (κ1) is 13.2. The van der Waals surface area contributed by atoms with Gasteiger partial charge in [-0.1, -0.05) is 23.8 Å². The molecule has 21 heavy (non-hydrogen) atoms. The fraction of sp³-hybridized carbons (Fsp3) is 0.118. The van der Waals surface area contributed by atoms with Gasteiger partial charge in [0.15, 0.2) is 5.76 Å². The Hall–Kier alpha value is -2.75. The fourth-order valence-corrected chi connectivity index (χ4v) is 2.34. The van der Waals surface area contributed by atoms with Crippen LogP contribution in [0.15, 0.2) is 52.9 Å². The van der Waals surface area contributed by atoms with Gasteiger partial charge in [0.2, 0.25) is 0 Å². The van der Waals surface area contributed by atoms with Crippen molar-refractivity contribution in [1.29, 1.82) is 0 Å². The maximum atomic E-state index is 12.5. The lowest BCUT2D eigenvalue weighted by atomic mass is 10.2. The van der Waals surface area contributed by atoms with Gasteiger partial charge in [-0.05, 0) is 37.3 Å². The lowest BCUT2D eigenvalue weighted by Gasteiger charge is -2.17. The van der Waals surface area contributed by atoms with Gasteiger partial charge in [-0.2, -0.15) is 0 Å². The highest BCUT2D eigenvalue weighted by atomic mass is 16.3. The Balaban J connectivity index is 1.98. The standard InChI is InChI=1S/C17H16N2O2/c1-11-7-8-15-12(9-11)10-16(21-15)17(20)19(2)14-6-4-3-5-13(14)18/h3-10H,18H2,1-2H3. The normalized spacial score (nSPS) is 10.8. The summed E-state index contributed by atoms with van der Waals surface area (Å²) in [5, 5.41) is 0.924. The minimum Gasteiger partial charge on any atom is -0.451 e. The number of anilines is 2. The number of furan rings is 1. The number of nitrogens with two attached hydrogens (primary N) is 1. The third-order valence-corrected chi connectivity index (χ3v) is 3.49. The summed E-state index contributed by atoms with van der Waals surface area (Å²) in [5.74, 6) is 0.0862. The monoisotopic (exact) mass is 280 g/mol. The zero-order valence-electron chi connectivity index (χ0n) is 12.0. The van der Waals surface area contributed by atoms with Crippen LogP contribution in [0.2, 0.25) is 0 Å². The van der Waals surface area contributed by atoms with Crippen LogP contribution in [0.25, 0.3) is 11.0 Å². The van der Waals surface area contributed by atoms with Crippen LogP contribution in [-0.4, -0.2) is 13.0 Å². The van der Waals surface area contributed by atoms with Crippen LogP contribution in [-0.2, 0) is 0 Å². The molecular weight excluding hydrogens is 264 g/mol. The lowest BCUT2D eigenvalue weighted by Crippen LogP contribution is -2.26. The molecule has 1 aromatic heterocycles. The number of amides is 1. The summed E-state index contributed by atoms with van der Waals surface area (Å²) >= 11 is 0. The van der Waals surface area contributed by atoms with Gasteiger partial charge in [-0.15, -0.1) is 0 Å². The summed E-state index contributed by atoms with van der Waals surface area (Å²) in [6, 6.07) is 14.8. The van der Waals surface area contributed by atoms with E-state index in [1.165, 1.54) is 4.90 Å². The van der Waals surface area contributed by atoms with E-state index in [9.17, 15) is 4.79 Å². The highest BCUT2D eigenvalue weighted by molar-refractivity contribution is 6.07. The van der Waals surface area contributed by atoms with Crippen molar-refractivity contribution in [3.63, 3.8) is 0 Å². The molecule has 0 aliphatic rings. The summed E-state index contributed by atoms with van der Waals surface area (Å²) in [7, 11) is 1.69. The predicted octanol–water partition coefficient (Wildman–Crippen LogP) is 3.60. The Morgan fingerprint density at radius 2 is 1.90 bits per heavy atom. The predicted molar refractivity (Wildman–Crippen MR) is 84.5 cm³/mol. The molecule has 1 amide bonds. The molecule has 0 fully saturated rings. The first-order valence-electron chi connectivity index (χ1n) is 6.69. The molecule has 106 valence electrons. The molecular formula is C17H16N2O2. The van der Waals surface area contributed by atoms with Crippen molar-refractivity contribution in [2.24, 2.45) is 0 Å². The van der Waals surface area contributed by atoms with Crippen LogP contribution in [0.5, 0.6) is 0 Å². The van der Waals surface area contributed by atoms with Crippen LogP contribution < -0.4 is 10.6 Å². The smallest absolute Gasteiger partial charge is 0.293 e. The quantitative estimate of drug-likeness (QED) is 0.730. The molecule has 1 heterocycles. The molecule has 4 heteroatoms. The van der Waals surface area contributed by atoms with Gasteiger partial charge >= 0.3 is 0 Å². The Kier molecular flexibility index (Phi) is 3.14. The number of hydrogen-bond donors (Lipinski definition) is 1. The number of nitrogens with zero attached hydrogens (tertiary/aromatic N) is 1. The Morgan fingerprint density at radius 3 is 2.67 bits per heavy atom. The maximum Gasteiger partial charge on any atom is 0.293 e. The van der Waals surface area contributed by atoms with Crippen LogP contribution in [0, 0.1) is 6.92 Å². The van der Waals surface area contributed by atoms with Gasteiger partial charge in [0.25, 0.3) is 5.91 Å². The van der Waals surface area contributed by atoms with Crippen molar-refractivity contribution in [3.8, 4) is 0 Å². The molecule has 0 radical (unpaired) electrons. The maximum absolute atomic E-state index is 12.5. The van der Waals surface area contributed by atoms with Crippen molar-refractivity contribution < 1.29 is 9.21 Å². The van der Waals surface area contributed by atoms with E-state index in [0.29, 0.717) is 22.7 Å². The molecule has 0 saturated heterocycles. The van der Waals surface area contributed by atoms with Gasteiger partial charge in [0.05, 0.1) is 11.4 Å². The molecule has 0 unspecified atom stereocenters. The average molecular weight is 280 g/mol. The number of para-hydroxylation sites is 2. The van der Waals surface area contributed by atoms with E-state index >= 15 is 0 Å². The van der Waals surface area contributed by atoms with E-state index in [2.05, 4.69) is 0 Å². The molecule has 0 aliphatic carbocycles. The molecule has 2 aromatic carbocycles. The Bertz CT molecular complexity index is 821. The van der Waals surface area contributed by atoms with Crippen molar-refractivity contribution in [3.05, 3.63) is 59.9 Å². The summed E-state index contributed by atoms with van der Waals surface area (Å²) in [6.07, 6.45) is 0. The topological polar surface area (TPSA) is 59.5 Å². The minimum absolute atomic E-state index is 0.221. The van der Waals surface area contributed by atoms with Gasteiger partial charge in [0.1, 0.15) is 5.58 Å². The van der Waals surface area contributed by atoms with Gasteiger partial charge in [-0.25, -0.2) is 0 Å². The second-order valence-electron chi connectivity index (χ2n) is 5.07. The van der Waals surface area contributed by atoms with E-state index < -0.39 is 0 Å². The summed E-state index contributed by atoms with van der Waals surface area (Å²) in [4.78, 5) is 14.0. The number of benzene rings is 2.